The standard InChI is InChI=1S/C13H12BrN5O/c14-13-16-10(8-3-1-2-6-19(8)13)12-17-11(18-20-12)9(15)7-4-5-7/h1-3,6-7,9H,4-5,15H2. The van der Waals surface area contributed by atoms with Gasteiger partial charge in [0.15, 0.2) is 16.3 Å². The summed E-state index contributed by atoms with van der Waals surface area (Å²) in [6.45, 7) is 0. The van der Waals surface area contributed by atoms with Crippen LogP contribution in [0.2, 0.25) is 0 Å². The molecule has 20 heavy (non-hydrogen) atoms. The van der Waals surface area contributed by atoms with Crippen molar-refractivity contribution in [2.24, 2.45) is 11.7 Å². The second-order valence-electron chi connectivity index (χ2n) is 5.01. The normalized spacial score (nSPS) is 16.7. The van der Waals surface area contributed by atoms with Gasteiger partial charge < -0.3 is 10.3 Å². The molecule has 1 fully saturated rings. The van der Waals surface area contributed by atoms with Gasteiger partial charge in [0.05, 0.1) is 11.6 Å². The summed E-state index contributed by atoms with van der Waals surface area (Å²) in [5.41, 5.74) is 7.67. The number of hydrogen-bond acceptors (Lipinski definition) is 5. The molecule has 3 heterocycles. The molecule has 2 N–H and O–H groups in total. The average Bonchev–Trinajstić information content (AvgIpc) is 3.11. The van der Waals surface area contributed by atoms with Gasteiger partial charge in [0.1, 0.15) is 0 Å². The molecule has 1 atom stereocenters. The quantitative estimate of drug-likeness (QED) is 0.796. The van der Waals surface area contributed by atoms with Crippen LogP contribution in [0.25, 0.3) is 17.1 Å². The summed E-state index contributed by atoms with van der Waals surface area (Å²) in [7, 11) is 0. The van der Waals surface area contributed by atoms with Crippen molar-refractivity contribution in [3.05, 3.63) is 35.0 Å². The number of nitrogens with two attached hydrogens (primary N) is 1. The molecular formula is C13H12BrN5O. The minimum Gasteiger partial charge on any atom is -0.332 e. The van der Waals surface area contributed by atoms with Gasteiger partial charge >= 0.3 is 0 Å². The molecular weight excluding hydrogens is 322 g/mol. The lowest BCUT2D eigenvalue weighted by atomic mass is 10.2. The summed E-state index contributed by atoms with van der Waals surface area (Å²) in [4.78, 5) is 8.84. The van der Waals surface area contributed by atoms with Crippen LogP contribution in [0.15, 0.2) is 33.7 Å². The van der Waals surface area contributed by atoms with Crippen LogP contribution in [-0.4, -0.2) is 19.5 Å². The molecule has 7 heteroatoms. The molecule has 0 saturated heterocycles. The highest BCUT2D eigenvalue weighted by Gasteiger charge is 2.33. The van der Waals surface area contributed by atoms with Crippen LogP contribution in [0.4, 0.5) is 0 Å². The molecule has 6 nitrogen and oxygen atoms in total. The van der Waals surface area contributed by atoms with Crippen molar-refractivity contribution < 1.29 is 4.52 Å². The zero-order valence-corrected chi connectivity index (χ0v) is 12.1. The lowest BCUT2D eigenvalue weighted by molar-refractivity contribution is 0.411. The summed E-state index contributed by atoms with van der Waals surface area (Å²) in [5.74, 6) is 1.46. The number of fused-ring (bicyclic) bond motifs is 1. The second-order valence-corrected chi connectivity index (χ2v) is 5.72. The maximum atomic E-state index is 6.09. The molecule has 1 aliphatic rings. The highest BCUT2D eigenvalue weighted by Crippen LogP contribution is 2.39. The Morgan fingerprint density at radius 2 is 2.20 bits per heavy atom. The maximum Gasteiger partial charge on any atom is 0.278 e. The molecule has 1 saturated carbocycles. The van der Waals surface area contributed by atoms with E-state index in [-0.39, 0.29) is 6.04 Å². The molecule has 1 aliphatic carbocycles. The molecule has 3 aromatic heterocycles. The van der Waals surface area contributed by atoms with E-state index in [1.807, 2.05) is 28.8 Å². The Hall–Kier alpha value is -1.73. The van der Waals surface area contributed by atoms with Crippen molar-refractivity contribution in [2.45, 2.75) is 18.9 Å². The fourth-order valence-electron chi connectivity index (χ4n) is 2.29. The fraction of sp³-hybridized carbons (Fsp3) is 0.308. The average molecular weight is 334 g/mol. The monoisotopic (exact) mass is 333 g/mol. The van der Waals surface area contributed by atoms with Gasteiger partial charge in [0, 0.05) is 6.20 Å². The largest absolute Gasteiger partial charge is 0.332 e. The highest BCUT2D eigenvalue weighted by molar-refractivity contribution is 9.10. The Balaban J connectivity index is 1.79. The van der Waals surface area contributed by atoms with Crippen LogP contribution in [0.5, 0.6) is 0 Å². The van der Waals surface area contributed by atoms with E-state index >= 15 is 0 Å². The Labute approximate surface area is 123 Å². The Bertz CT molecular complexity index is 776. The molecule has 0 spiro atoms. The first-order chi connectivity index (χ1) is 9.74. The molecule has 1 unspecified atom stereocenters. The van der Waals surface area contributed by atoms with Crippen molar-refractivity contribution in [3.63, 3.8) is 0 Å². The van der Waals surface area contributed by atoms with Gasteiger partial charge in [-0.3, -0.25) is 4.40 Å². The second kappa shape index (κ2) is 4.39. The van der Waals surface area contributed by atoms with Gasteiger partial charge in [-0.15, -0.1) is 0 Å². The van der Waals surface area contributed by atoms with Gasteiger partial charge in [-0.05, 0) is 46.8 Å². The molecule has 0 aliphatic heterocycles. The molecule has 4 rings (SSSR count). The minimum absolute atomic E-state index is 0.134. The van der Waals surface area contributed by atoms with E-state index in [0.29, 0.717) is 28.1 Å². The molecule has 0 bridgehead atoms. The van der Waals surface area contributed by atoms with Gasteiger partial charge in [-0.2, -0.15) is 4.98 Å². The zero-order valence-electron chi connectivity index (χ0n) is 10.5. The van der Waals surface area contributed by atoms with Crippen molar-refractivity contribution in [1.82, 2.24) is 19.5 Å². The molecule has 102 valence electrons. The molecule has 0 amide bonds. The maximum absolute atomic E-state index is 6.09. The van der Waals surface area contributed by atoms with E-state index < -0.39 is 0 Å². The first-order valence-corrected chi connectivity index (χ1v) is 7.25. The number of aromatic nitrogens is 4. The fourth-order valence-corrected chi connectivity index (χ4v) is 2.78. The van der Waals surface area contributed by atoms with Crippen LogP contribution in [-0.2, 0) is 0 Å². The van der Waals surface area contributed by atoms with E-state index in [0.717, 1.165) is 18.4 Å². The summed E-state index contributed by atoms with van der Waals surface area (Å²) in [6.07, 6.45) is 4.21. The van der Waals surface area contributed by atoms with Crippen molar-refractivity contribution >= 4 is 21.4 Å². The Kier molecular flexibility index (Phi) is 2.64. The smallest absolute Gasteiger partial charge is 0.278 e. The van der Waals surface area contributed by atoms with Crippen LogP contribution in [0, 0.1) is 5.92 Å². The topological polar surface area (TPSA) is 82.2 Å². The number of pyridine rings is 1. The van der Waals surface area contributed by atoms with E-state index in [9.17, 15) is 0 Å². The van der Waals surface area contributed by atoms with Gasteiger partial charge in [-0.1, -0.05) is 11.2 Å². The summed E-state index contributed by atoms with van der Waals surface area (Å²) < 4.78 is 7.95. The number of nitrogens with zero attached hydrogens (tertiary/aromatic N) is 4. The van der Waals surface area contributed by atoms with E-state index in [1.54, 1.807) is 0 Å². The van der Waals surface area contributed by atoms with Crippen molar-refractivity contribution in [3.8, 4) is 11.6 Å². The first-order valence-electron chi connectivity index (χ1n) is 6.46. The third-order valence-corrected chi connectivity index (χ3v) is 4.14. The molecule has 3 aromatic rings. The summed E-state index contributed by atoms with van der Waals surface area (Å²) in [6, 6.07) is 5.70. The van der Waals surface area contributed by atoms with Crippen LogP contribution >= 0.6 is 15.9 Å². The molecule has 0 radical (unpaired) electrons. The lowest BCUT2D eigenvalue weighted by Crippen LogP contribution is -2.13. The van der Waals surface area contributed by atoms with Gasteiger partial charge in [-0.25, -0.2) is 4.98 Å². The van der Waals surface area contributed by atoms with E-state index in [2.05, 4.69) is 31.1 Å². The lowest BCUT2D eigenvalue weighted by Gasteiger charge is -2.01. The van der Waals surface area contributed by atoms with Crippen molar-refractivity contribution in [1.29, 1.82) is 0 Å². The zero-order chi connectivity index (χ0) is 13.7. The number of imidazole rings is 1. The van der Waals surface area contributed by atoms with Crippen LogP contribution in [0.1, 0.15) is 24.7 Å². The van der Waals surface area contributed by atoms with Gasteiger partial charge in [0.2, 0.25) is 0 Å². The van der Waals surface area contributed by atoms with E-state index in [1.165, 1.54) is 0 Å². The van der Waals surface area contributed by atoms with Crippen LogP contribution in [0.3, 0.4) is 0 Å². The first kappa shape index (κ1) is 12.0. The molecule has 0 aromatic carbocycles. The van der Waals surface area contributed by atoms with Gasteiger partial charge in [0.25, 0.3) is 5.89 Å². The summed E-state index contributed by atoms with van der Waals surface area (Å²) >= 11 is 3.42. The number of halogens is 1. The third-order valence-electron chi connectivity index (χ3n) is 3.58. The van der Waals surface area contributed by atoms with Crippen LogP contribution < -0.4 is 5.73 Å². The number of hydrogen-bond donors (Lipinski definition) is 1. The summed E-state index contributed by atoms with van der Waals surface area (Å²) in [5, 5.41) is 3.99. The predicted molar refractivity (Wildman–Crippen MR) is 75.8 cm³/mol. The highest BCUT2D eigenvalue weighted by atomic mass is 79.9. The van der Waals surface area contributed by atoms with Crippen molar-refractivity contribution in [2.75, 3.05) is 0 Å². The Morgan fingerprint density at radius 1 is 1.35 bits per heavy atom. The SMILES string of the molecule is NC(c1noc(-c2nc(Br)n3ccccc23)n1)C1CC1. The third kappa shape index (κ3) is 1.85. The minimum atomic E-state index is -0.134. The number of rotatable bonds is 3. The predicted octanol–water partition coefficient (Wildman–Crippen LogP) is 2.56. The van der Waals surface area contributed by atoms with E-state index in [4.69, 9.17) is 10.3 Å². The Morgan fingerprint density at radius 3 is 3.00 bits per heavy atom.